The van der Waals surface area contributed by atoms with E-state index in [1.54, 1.807) is 12.1 Å². The van der Waals surface area contributed by atoms with Crippen LogP contribution in [0.2, 0.25) is 0 Å². The maximum Gasteiger partial charge on any atom is 0.329 e. The molecule has 1 fully saturated rings. The Morgan fingerprint density at radius 3 is 2.55 bits per heavy atom. The molecule has 8 nitrogen and oxygen atoms in total. The van der Waals surface area contributed by atoms with Gasteiger partial charge in [0.05, 0.1) is 14.2 Å². The van der Waals surface area contributed by atoms with E-state index in [1.807, 2.05) is 30.3 Å². The van der Waals surface area contributed by atoms with Gasteiger partial charge in [0.2, 0.25) is 0 Å². The van der Waals surface area contributed by atoms with E-state index in [4.69, 9.17) is 9.47 Å². The number of hydrogen-bond donors (Lipinski definition) is 1. The SMILES string of the molecule is C=CCc1cc(/C=C2/NC(=O)N(CC(=O)OC)C2=O)cc(OC)c1OCc1ccc(Br)cc1. The van der Waals surface area contributed by atoms with Crippen LogP contribution in [0.15, 0.2) is 59.2 Å². The van der Waals surface area contributed by atoms with E-state index in [1.165, 1.54) is 20.3 Å². The average Bonchev–Trinajstić information content (AvgIpc) is 3.06. The molecule has 2 aromatic rings. The molecule has 0 unspecified atom stereocenters. The van der Waals surface area contributed by atoms with E-state index in [9.17, 15) is 14.4 Å². The molecular weight excluding hydrogens is 492 g/mol. The fourth-order valence-electron chi connectivity index (χ4n) is 3.20. The zero-order valence-corrected chi connectivity index (χ0v) is 19.8. The zero-order chi connectivity index (χ0) is 24.0. The van der Waals surface area contributed by atoms with Crippen LogP contribution in [0.1, 0.15) is 16.7 Å². The van der Waals surface area contributed by atoms with Gasteiger partial charge in [0.1, 0.15) is 18.8 Å². The number of imide groups is 1. The Morgan fingerprint density at radius 1 is 1.18 bits per heavy atom. The first-order valence-electron chi connectivity index (χ1n) is 9.96. The minimum absolute atomic E-state index is 0.0408. The van der Waals surface area contributed by atoms with Gasteiger partial charge in [-0.1, -0.05) is 34.1 Å². The standard InChI is InChI=1S/C24H23BrN2O6/c1-4-5-17-10-16(11-19-23(29)27(24(30)26-19)13-21(28)32-3)12-20(31-2)22(17)33-14-15-6-8-18(25)9-7-15/h4,6-12H,1,5,13-14H2,2-3H3,(H,26,30)/b19-11+. The molecule has 3 rings (SSSR count). The van der Waals surface area contributed by atoms with Crippen molar-refractivity contribution in [3.05, 3.63) is 75.9 Å². The molecule has 1 N–H and O–H groups in total. The van der Waals surface area contributed by atoms with Crippen LogP contribution < -0.4 is 14.8 Å². The van der Waals surface area contributed by atoms with Gasteiger partial charge in [-0.2, -0.15) is 0 Å². The van der Waals surface area contributed by atoms with Gasteiger partial charge in [0.25, 0.3) is 5.91 Å². The van der Waals surface area contributed by atoms with Gasteiger partial charge in [0, 0.05) is 10.0 Å². The van der Waals surface area contributed by atoms with Crippen LogP contribution in [0, 0.1) is 0 Å². The van der Waals surface area contributed by atoms with Gasteiger partial charge in [-0.3, -0.25) is 9.59 Å². The Labute approximate surface area is 199 Å². The summed E-state index contributed by atoms with van der Waals surface area (Å²) in [5, 5.41) is 2.48. The minimum atomic E-state index is -0.693. The summed E-state index contributed by atoms with van der Waals surface area (Å²) in [4.78, 5) is 37.0. The molecule has 0 radical (unpaired) electrons. The number of benzene rings is 2. The van der Waals surface area contributed by atoms with Crippen LogP contribution in [-0.2, 0) is 27.4 Å². The first kappa shape index (κ1) is 24.1. The van der Waals surface area contributed by atoms with Crippen molar-refractivity contribution in [2.75, 3.05) is 20.8 Å². The highest BCUT2D eigenvalue weighted by Gasteiger charge is 2.35. The second kappa shape index (κ2) is 10.8. The summed E-state index contributed by atoms with van der Waals surface area (Å²) in [6.45, 7) is 3.68. The molecule has 172 valence electrons. The van der Waals surface area contributed by atoms with Gasteiger partial charge in [0.15, 0.2) is 11.5 Å². The molecule has 0 saturated carbocycles. The number of esters is 1. The number of rotatable bonds is 9. The van der Waals surface area contributed by atoms with E-state index in [2.05, 4.69) is 32.6 Å². The van der Waals surface area contributed by atoms with Gasteiger partial charge in [-0.05, 0) is 47.9 Å². The highest BCUT2D eigenvalue weighted by Crippen LogP contribution is 2.35. The zero-order valence-electron chi connectivity index (χ0n) is 18.2. The molecule has 1 aliphatic heterocycles. The lowest BCUT2D eigenvalue weighted by atomic mass is 10.0. The number of carbonyl (C=O) groups is 3. The van der Waals surface area contributed by atoms with E-state index in [-0.39, 0.29) is 5.70 Å². The molecule has 1 aliphatic rings. The summed E-state index contributed by atoms with van der Waals surface area (Å²) < 4.78 is 17.1. The summed E-state index contributed by atoms with van der Waals surface area (Å²) >= 11 is 3.41. The molecular formula is C24H23BrN2O6. The topological polar surface area (TPSA) is 94.2 Å². The largest absolute Gasteiger partial charge is 0.493 e. The maximum absolute atomic E-state index is 12.6. The number of nitrogens with one attached hydrogen (secondary N) is 1. The summed E-state index contributed by atoms with van der Waals surface area (Å²) in [7, 11) is 2.71. The predicted octanol–water partition coefficient (Wildman–Crippen LogP) is 3.83. The molecule has 0 aliphatic carbocycles. The molecule has 0 bridgehead atoms. The lowest BCUT2D eigenvalue weighted by Crippen LogP contribution is -2.36. The first-order chi connectivity index (χ1) is 15.9. The molecule has 1 saturated heterocycles. The highest BCUT2D eigenvalue weighted by molar-refractivity contribution is 9.10. The Kier molecular flexibility index (Phi) is 7.89. The van der Waals surface area contributed by atoms with Crippen molar-refractivity contribution in [1.29, 1.82) is 0 Å². The first-order valence-corrected chi connectivity index (χ1v) is 10.8. The summed E-state index contributed by atoms with van der Waals surface area (Å²) in [5.74, 6) is -0.273. The third-order valence-electron chi connectivity index (χ3n) is 4.82. The normalized spacial score (nSPS) is 14.3. The Hall–Kier alpha value is -3.59. The Balaban J connectivity index is 1.89. The van der Waals surface area contributed by atoms with Crippen molar-refractivity contribution in [2.24, 2.45) is 0 Å². The number of halogens is 1. The molecule has 3 amide bonds. The third kappa shape index (κ3) is 5.81. The Bertz CT molecular complexity index is 1110. The second-order valence-corrected chi connectivity index (χ2v) is 7.99. The summed E-state index contributed by atoms with van der Waals surface area (Å²) in [6, 6.07) is 10.6. The monoisotopic (exact) mass is 514 g/mol. The quantitative estimate of drug-likeness (QED) is 0.236. The van der Waals surface area contributed by atoms with Crippen LogP contribution in [-0.4, -0.2) is 43.6 Å². The minimum Gasteiger partial charge on any atom is -0.493 e. The highest BCUT2D eigenvalue weighted by atomic mass is 79.9. The van der Waals surface area contributed by atoms with Crippen LogP contribution >= 0.6 is 15.9 Å². The fourth-order valence-corrected chi connectivity index (χ4v) is 3.47. The predicted molar refractivity (Wildman–Crippen MR) is 126 cm³/mol. The number of urea groups is 1. The van der Waals surface area contributed by atoms with Crippen molar-refractivity contribution >= 4 is 39.9 Å². The average molecular weight is 515 g/mol. The van der Waals surface area contributed by atoms with Crippen LogP contribution in [0.5, 0.6) is 11.5 Å². The number of hydrogen-bond acceptors (Lipinski definition) is 6. The van der Waals surface area contributed by atoms with Gasteiger partial charge in [-0.15, -0.1) is 6.58 Å². The summed E-state index contributed by atoms with van der Waals surface area (Å²) in [6.07, 6.45) is 3.75. The van der Waals surface area contributed by atoms with Gasteiger partial charge < -0.3 is 19.5 Å². The number of methoxy groups -OCH3 is 2. The van der Waals surface area contributed by atoms with Crippen LogP contribution in [0.3, 0.4) is 0 Å². The van der Waals surface area contributed by atoms with Crippen LogP contribution in [0.4, 0.5) is 4.79 Å². The van der Waals surface area contributed by atoms with E-state index in [0.717, 1.165) is 20.5 Å². The van der Waals surface area contributed by atoms with E-state index < -0.39 is 24.5 Å². The number of ether oxygens (including phenoxy) is 3. The van der Waals surface area contributed by atoms with Gasteiger partial charge in [-0.25, -0.2) is 9.69 Å². The number of nitrogens with zero attached hydrogens (tertiary/aromatic N) is 1. The molecule has 0 aromatic heterocycles. The van der Waals surface area contributed by atoms with Crippen molar-refractivity contribution in [2.45, 2.75) is 13.0 Å². The smallest absolute Gasteiger partial charge is 0.329 e. The number of amides is 3. The van der Waals surface area contributed by atoms with E-state index in [0.29, 0.717) is 30.1 Å². The lowest BCUT2D eigenvalue weighted by molar-refractivity contribution is -0.143. The molecule has 0 spiro atoms. The fraction of sp³-hybridized carbons (Fsp3) is 0.208. The van der Waals surface area contributed by atoms with E-state index >= 15 is 0 Å². The van der Waals surface area contributed by atoms with Crippen molar-refractivity contribution in [3.8, 4) is 11.5 Å². The molecule has 0 atom stereocenters. The molecule has 33 heavy (non-hydrogen) atoms. The van der Waals surface area contributed by atoms with Crippen molar-refractivity contribution in [3.63, 3.8) is 0 Å². The Morgan fingerprint density at radius 2 is 1.91 bits per heavy atom. The van der Waals surface area contributed by atoms with Crippen molar-refractivity contribution in [1.82, 2.24) is 10.2 Å². The summed E-state index contributed by atoms with van der Waals surface area (Å²) in [5.41, 5.74) is 2.44. The maximum atomic E-state index is 12.6. The number of carbonyl (C=O) groups excluding carboxylic acids is 3. The van der Waals surface area contributed by atoms with Gasteiger partial charge >= 0.3 is 12.0 Å². The van der Waals surface area contributed by atoms with Crippen molar-refractivity contribution < 1.29 is 28.6 Å². The molecule has 1 heterocycles. The third-order valence-corrected chi connectivity index (χ3v) is 5.35. The lowest BCUT2D eigenvalue weighted by Gasteiger charge is -2.16. The molecule has 9 heteroatoms. The van der Waals surface area contributed by atoms with Crippen LogP contribution in [0.25, 0.3) is 6.08 Å². The molecule has 2 aromatic carbocycles. The second-order valence-electron chi connectivity index (χ2n) is 7.07. The number of allylic oxidation sites excluding steroid dienone is 1.